The molecule has 1 N–H and O–H groups in total. The molecule has 2 rings (SSSR count). The van der Waals surface area contributed by atoms with E-state index in [-0.39, 0.29) is 11.4 Å². The van der Waals surface area contributed by atoms with E-state index in [2.05, 4.69) is 10.3 Å². The molecule has 0 aliphatic carbocycles. The lowest BCUT2D eigenvalue weighted by molar-refractivity contribution is -0.385. The molecule has 0 saturated carbocycles. The van der Waals surface area contributed by atoms with E-state index < -0.39 is 10.9 Å². The molecule has 20 heavy (non-hydrogen) atoms. The lowest BCUT2D eigenvalue weighted by Crippen LogP contribution is -2.06. The van der Waals surface area contributed by atoms with Gasteiger partial charge in [-0.3, -0.25) is 10.1 Å². The van der Waals surface area contributed by atoms with Crippen LogP contribution >= 0.6 is 0 Å². The molecular formula is C12H12N4O4. The third-order valence-corrected chi connectivity index (χ3v) is 2.92. The molecule has 2 aromatic rings. The Morgan fingerprint density at radius 2 is 2.20 bits per heavy atom. The number of carboxylic acids is 1. The maximum absolute atomic E-state index is 11.0. The number of aryl methyl sites for hydroxylation is 1. The van der Waals surface area contributed by atoms with Gasteiger partial charge in [0.25, 0.3) is 5.69 Å². The fourth-order valence-corrected chi connectivity index (χ4v) is 1.97. The van der Waals surface area contributed by atoms with Gasteiger partial charge in [-0.15, -0.1) is 5.10 Å². The van der Waals surface area contributed by atoms with Gasteiger partial charge in [0.15, 0.2) is 5.69 Å². The average Bonchev–Trinajstić information content (AvgIpc) is 2.81. The van der Waals surface area contributed by atoms with Crippen LogP contribution in [0, 0.1) is 17.0 Å². The molecule has 0 aliphatic heterocycles. The van der Waals surface area contributed by atoms with Crippen molar-refractivity contribution in [2.45, 2.75) is 20.3 Å². The number of carbonyl (C=O) groups is 1. The van der Waals surface area contributed by atoms with Gasteiger partial charge in [0, 0.05) is 11.6 Å². The predicted octanol–water partition coefficient (Wildman–Crippen LogP) is 1.74. The maximum Gasteiger partial charge on any atom is 0.358 e. The van der Waals surface area contributed by atoms with E-state index in [4.69, 9.17) is 5.11 Å². The first-order valence-corrected chi connectivity index (χ1v) is 5.89. The Hall–Kier alpha value is -2.77. The quantitative estimate of drug-likeness (QED) is 0.672. The fourth-order valence-electron chi connectivity index (χ4n) is 1.97. The maximum atomic E-state index is 11.0. The molecule has 0 bridgehead atoms. The number of rotatable bonds is 4. The molecule has 0 spiro atoms. The van der Waals surface area contributed by atoms with Crippen LogP contribution in [-0.2, 0) is 6.42 Å². The highest BCUT2D eigenvalue weighted by molar-refractivity contribution is 5.86. The van der Waals surface area contributed by atoms with Gasteiger partial charge in [0.2, 0.25) is 0 Å². The van der Waals surface area contributed by atoms with Gasteiger partial charge in [-0.25, -0.2) is 9.48 Å². The smallest absolute Gasteiger partial charge is 0.358 e. The van der Waals surface area contributed by atoms with Crippen molar-refractivity contribution in [1.82, 2.24) is 15.0 Å². The second-order valence-corrected chi connectivity index (χ2v) is 4.18. The summed E-state index contributed by atoms with van der Waals surface area (Å²) >= 11 is 0. The van der Waals surface area contributed by atoms with Gasteiger partial charge in [0.1, 0.15) is 0 Å². The summed E-state index contributed by atoms with van der Waals surface area (Å²) in [6.45, 7) is 3.40. The van der Waals surface area contributed by atoms with Gasteiger partial charge >= 0.3 is 5.97 Å². The minimum absolute atomic E-state index is 0.00497. The summed E-state index contributed by atoms with van der Waals surface area (Å²) in [5, 5.41) is 27.2. The van der Waals surface area contributed by atoms with E-state index in [9.17, 15) is 14.9 Å². The number of hydrogen-bond acceptors (Lipinski definition) is 5. The Labute approximate surface area is 113 Å². The van der Waals surface area contributed by atoms with Crippen molar-refractivity contribution < 1.29 is 14.8 Å². The summed E-state index contributed by atoms with van der Waals surface area (Å²) in [5.74, 6) is -1.15. The Balaban J connectivity index is 2.55. The van der Waals surface area contributed by atoms with Gasteiger partial charge in [-0.1, -0.05) is 12.1 Å². The first-order chi connectivity index (χ1) is 9.45. The van der Waals surface area contributed by atoms with Crippen molar-refractivity contribution in [2.75, 3.05) is 0 Å². The number of aromatic carboxylic acids is 1. The molecule has 0 unspecified atom stereocenters. The summed E-state index contributed by atoms with van der Waals surface area (Å²) in [5.41, 5.74) is 1.37. The highest BCUT2D eigenvalue weighted by Crippen LogP contribution is 2.22. The molecule has 104 valence electrons. The normalized spacial score (nSPS) is 10.5. The van der Waals surface area contributed by atoms with Crippen LogP contribution in [-0.4, -0.2) is 31.0 Å². The monoisotopic (exact) mass is 276 g/mol. The lowest BCUT2D eigenvalue weighted by atomic mass is 10.1. The Bertz CT molecular complexity index is 693. The van der Waals surface area contributed by atoms with Crippen LogP contribution in [0.5, 0.6) is 0 Å². The summed E-state index contributed by atoms with van der Waals surface area (Å²) in [6.07, 6.45) is 0.435. The molecule has 0 amide bonds. The number of nitro groups is 1. The molecule has 0 radical (unpaired) electrons. The van der Waals surface area contributed by atoms with Crippen molar-refractivity contribution in [3.05, 3.63) is 45.3 Å². The Kier molecular flexibility index (Phi) is 3.47. The molecule has 0 atom stereocenters. The third kappa shape index (κ3) is 2.22. The first kappa shape index (κ1) is 13.7. The van der Waals surface area contributed by atoms with E-state index in [1.165, 1.54) is 16.8 Å². The van der Waals surface area contributed by atoms with Crippen LogP contribution in [0.15, 0.2) is 18.2 Å². The molecule has 1 aromatic carbocycles. The number of benzene rings is 1. The zero-order chi connectivity index (χ0) is 14.9. The van der Waals surface area contributed by atoms with Crippen LogP contribution in [0.4, 0.5) is 5.69 Å². The topological polar surface area (TPSA) is 111 Å². The van der Waals surface area contributed by atoms with Gasteiger partial charge < -0.3 is 5.11 Å². The summed E-state index contributed by atoms with van der Waals surface area (Å²) in [7, 11) is 0. The lowest BCUT2D eigenvalue weighted by Gasteiger charge is -2.06. The standard InChI is InChI=1S/C12H12N4O4/c1-3-9-11(12(17)18)13-14-15(9)8-4-5-10(16(19)20)7(2)6-8/h4-6H,3H2,1-2H3,(H,17,18). The van der Waals surface area contributed by atoms with Gasteiger partial charge in [0.05, 0.1) is 16.3 Å². The van der Waals surface area contributed by atoms with Crippen LogP contribution in [0.2, 0.25) is 0 Å². The molecule has 0 fully saturated rings. The van der Waals surface area contributed by atoms with Crippen LogP contribution in [0.3, 0.4) is 0 Å². The average molecular weight is 276 g/mol. The number of aromatic nitrogens is 3. The van der Waals surface area contributed by atoms with Crippen molar-refractivity contribution >= 4 is 11.7 Å². The second-order valence-electron chi connectivity index (χ2n) is 4.18. The zero-order valence-corrected chi connectivity index (χ0v) is 10.9. The van der Waals surface area contributed by atoms with Crippen LogP contribution in [0.25, 0.3) is 5.69 Å². The fraction of sp³-hybridized carbons (Fsp3) is 0.250. The van der Waals surface area contributed by atoms with Crippen LogP contribution < -0.4 is 0 Å². The van der Waals surface area contributed by atoms with Crippen molar-refractivity contribution in [3.63, 3.8) is 0 Å². The SMILES string of the molecule is CCc1c(C(=O)O)nnn1-c1ccc([N+](=O)[O-])c(C)c1. The van der Waals surface area contributed by atoms with E-state index in [1.807, 2.05) is 0 Å². The first-order valence-electron chi connectivity index (χ1n) is 5.89. The van der Waals surface area contributed by atoms with Crippen molar-refractivity contribution in [1.29, 1.82) is 0 Å². The molecular weight excluding hydrogens is 264 g/mol. The Morgan fingerprint density at radius 3 is 2.70 bits per heavy atom. The van der Waals surface area contributed by atoms with Gasteiger partial charge in [-0.05, 0) is 25.5 Å². The van der Waals surface area contributed by atoms with E-state index in [0.717, 1.165) is 0 Å². The van der Waals surface area contributed by atoms with Gasteiger partial charge in [-0.2, -0.15) is 0 Å². The predicted molar refractivity (Wildman–Crippen MR) is 69.1 cm³/mol. The number of hydrogen-bond donors (Lipinski definition) is 1. The molecule has 1 aromatic heterocycles. The molecule has 0 aliphatic rings. The molecule has 8 nitrogen and oxygen atoms in total. The van der Waals surface area contributed by atoms with E-state index in [0.29, 0.717) is 23.4 Å². The van der Waals surface area contributed by atoms with E-state index in [1.54, 1.807) is 19.9 Å². The minimum Gasteiger partial charge on any atom is -0.476 e. The highest BCUT2D eigenvalue weighted by Gasteiger charge is 2.19. The third-order valence-electron chi connectivity index (χ3n) is 2.92. The largest absolute Gasteiger partial charge is 0.476 e. The Morgan fingerprint density at radius 1 is 1.50 bits per heavy atom. The number of nitro benzene ring substituents is 1. The summed E-state index contributed by atoms with van der Waals surface area (Å²) in [4.78, 5) is 21.3. The minimum atomic E-state index is -1.15. The van der Waals surface area contributed by atoms with Crippen molar-refractivity contribution in [3.8, 4) is 5.69 Å². The summed E-state index contributed by atoms with van der Waals surface area (Å²) < 4.78 is 1.39. The molecule has 0 saturated heterocycles. The number of carboxylic acid groups (broad SMARTS) is 1. The molecule has 8 heteroatoms. The van der Waals surface area contributed by atoms with E-state index >= 15 is 0 Å². The second kappa shape index (κ2) is 5.08. The summed E-state index contributed by atoms with van der Waals surface area (Å²) in [6, 6.07) is 4.47. The highest BCUT2D eigenvalue weighted by atomic mass is 16.6. The zero-order valence-electron chi connectivity index (χ0n) is 10.9. The van der Waals surface area contributed by atoms with Crippen LogP contribution in [0.1, 0.15) is 28.7 Å². The van der Waals surface area contributed by atoms with Crippen molar-refractivity contribution in [2.24, 2.45) is 0 Å². The molecule has 1 heterocycles. The number of nitrogens with zero attached hydrogens (tertiary/aromatic N) is 4.